The summed E-state index contributed by atoms with van der Waals surface area (Å²) in [6, 6.07) is 8.05. The standard InChI is InChI=1S/C24H27BrN4O2S2/c1-2-31-23(30)21-19-10-5-3-4-6-11-20(19)33-22(21)28-24(32)27-18-9-7-8-16(12-18)14-29-15-17(25)13-26-29/h7-9,12-13,15H,2-6,10-11,14H2,1H3,(H2,27,28,32). The van der Waals surface area contributed by atoms with Crippen LogP contribution in [0.4, 0.5) is 10.7 Å². The van der Waals surface area contributed by atoms with E-state index in [1.54, 1.807) is 17.5 Å². The zero-order chi connectivity index (χ0) is 23.2. The van der Waals surface area contributed by atoms with Gasteiger partial charge in [-0.05, 0) is 84.0 Å². The number of nitrogens with one attached hydrogen (secondary N) is 2. The number of rotatable bonds is 6. The highest BCUT2D eigenvalue weighted by Gasteiger charge is 2.25. The zero-order valence-corrected chi connectivity index (χ0v) is 21.7. The number of carbonyl (C=O) groups is 1. The molecule has 0 spiro atoms. The summed E-state index contributed by atoms with van der Waals surface area (Å²) in [5, 5.41) is 12.1. The fraction of sp³-hybridized carbons (Fsp3) is 0.375. The number of ether oxygens (including phenoxy) is 1. The first-order valence-corrected chi connectivity index (χ1v) is 13.2. The molecule has 2 aromatic heterocycles. The van der Waals surface area contributed by atoms with Gasteiger partial charge >= 0.3 is 5.97 Å². The molecule has 9 heteroatoms. The normalized spacial score (nSPS) is 13.5. The fourth-order valence-electron chi connectivity index (χ4n) is 4.05. The number of aryl methyl sites for hydroxylation is 1. The van der Waals surface area contributed by atoms with Crippen LogP contribution in [0, 0.1) is 0 Å². The first-order chi connectivity index (χ1) is 16.0. The van der Waals surface area contributed by atoms with Gasteiger partial charge in [0.2, 0.25) is 0 Å². The predicted molar refractivity (Wildman–Crippen MR) is 141 cm³/mol. The largest absolute Gasteiger partial charge is 0.462 e. The van der Waals surface area contributed by atoms with Crippen LogP contribution in [0.25, 0.3) is 0 Å². The van der Waals surface area contributed by atoms with Crippen molar-refractivity contribution in [3.8, 4) is 0 Å². The van der Waals surface area contributed by atoms with E-state index in [-0.39, 0.29) is 5.97 Å². The van der Waals surface area contributed by atoms with E-state index in [2.05, 4.69) is 37.7 Å². The van der Waals surface area contributed by atoms with Crippen molar-refractivity contribution in [2.75, 3.05) is 17.2 Å². The number of fused-ring (bicyclic) bond motifs is 1. The molecule has 2 N–H and O–H groups in total. The molecule has 0 unspecified atom stereocenters. The van der Waals surface area contributed by atoms with E-state index in [9.17, 15) is 4.79 Å². The molecule has 33 heavy (non-hydrogen) atoms. The number of halogens is 1. The number of hydrogen-bond acceptors (Lipinski definition) is 5. The molecule has 0 aliphatic heterocycles. The number of thiocarbonyl (C=S) groups is 1. The van der Waals surface area contributed by atoms with Crippen molar-refractivity contribution < 1.29 is 9.53 Å². The van der Waals surface area contributed by atoms with Gasteiger partial charge in [0.1, 0.15) is 5.00 Å². The Morgan fingerprint density at radius 3 is 2.82 bits per heavy atom. The van der Waals surface area contributed by atoms with Crippen LogP contribution in [0.1, 0.15) is 59.0 Å². The Morgan fingerprint density at radius 2 is 2.06 bits per heavy atom. The molecule has 0 radical (unpaired) electrons. The lowest BCUT2D eigenvalue weighted by molar-refractivity contribution is 0.0526. The van der Waals surface area contributed by atoms with E-state index < -0.39 is 0 Å². The molecule has 1 aliphatic carbocycles. The van der Waals surface area contributed by atoms with Crippen LogP contribution >= 0.6 is 39.5 Å². The first-order valence-electron chi connectivity index (χ1n) is 11.2. The Hall–Kier alpha value is -2.23. The van der Waals surface area contributed by atoms with E-state index in [0.29, 0.717) is 23.8 Å². The highest BCUT2D eigenvalue weighted by molar-refractivity contribution is 9.10. The average Bonchev–Trinajstić information content (AvgIpc) is 3.31. The summed E-state index contributed by atoms with van der Waals surface area (Å²) >= 11 is 10.7. The summed E-state index contributed by atoms with van der Waals surface area (Å²) in [5.41, 5.74) is 3.77. The molecule has 0 bridgehead atoms. The SMILES string of the molecule is CCOC(=O)c1c(NC(=S)Nc2cccc(Cn3cc(Br)cn3)c2)sc2c1CCCCCC2. The van der Waals surface area contributed by atoms with Gasteiger partial charge in [0.05, 0.1) is 29.4 Å². The van der Waals surface area contributed by atoms with Gasteiger partial charge in [0.15, 0.2) is 5.11 Å². The quantitative estimate of drug-likeness (QED) is 0.275. The van der Waals surface area contributed by atoms with E-state index in [4.69, 9.17) is 17.0 Å². The van der Waals surface area contributed by atoms with Gasteiger partial charge in [-0.15, -0.1) is 11.3 Å². The maximum atomic E-state index is 12.8. The second-order valence-electron chi connectivity index (χ2n) is 7.98. The van der Waals surface area contributed by atoms with Crippen LogP contribution in [-0.4, -0.2) is 27.5 Å². The molecule has 174 valence electrons. The lowest BCUT2D eigenvalue weighted by Crippen LogP contribution is -2.20. The molecule has 2 heterocycles. The van der Waals surface area contributed by atoms with Crippen molar-refractivity contribution in [1.82, 2.24) is 9.78 Å². The smallest absolute Gasteiger partial charge is 0.341 e. The number of aromatic nitrogens is 2. The van der Waals surface area contributed by atoms with Gasteiger partial charge in [-0.3, -0.25) is 4.68 Å². The van der Waals surface area contributed by atoms with Gasteiger partial charge < -0.3 is 15.4 Å². The molecule has 6 nitrogen and oxygen atoms in total. The fourth-order valence-corrected chi connectivity index (χ4v) is 5.95. The lowest BCUT2D eigenvalue weighted by atomic mass is 9.96. The van der Waals surface area contributed by atoms with Crippen molar-refractivity contribution >= 4 is 61.3 Å². The van der Waals surface area contributed by atoms with Gasteiger partial charge in [-0.25, -0.2) is 4.79 Å². The van der Waals surface area contributed by atoms with Crippen LogP contribution in [0.5, 0.6) is 0 Å². The van der Waals surface area contributed by atoms with Crippen molar-refractivity contribution in [2.24, 2.45) is 0 Å². The summed E-state index contributed by atoms with van der Waals surface area (Å²) in [7, 11) is 0. The molecule has 0 saturated heterocycles. The topological polar surface area (TPSA) is 68.2 Å². The molecular formula is C24H27BrN4O2S2. The Morgan fingerprint density at radius 1 is 1.24 bits per heavy atom. The highest BCUT2D eigenvalue weighted by Crippen LogP contribution is 2.37. The Labute approximate surface area is 211 Å². The van der Waals surface area contributed by atoms with Crippen LogP contribution in [0.15, 0.2) is 41.1 Å². The number of nitrogens with zero attached hydrogens (tertiary/aromatic N) is 2. The Balaban J connectivity index is 1.50. The maximum absolute atomic E-state index is 12.8. The maximum Gasteiger partial charge on any atom is 0.341 e. The number of benzene rings is 1. The van der Waals surface area contributed by atoms with E-state index in [1.165, 1.54) is 17.7 Å². The van der Waals surface area contributed by atoms with Crippen molar-refractivity contribution in [3.05, 3.63) is 62.7 Å². The summed E-state index contributed by atoms with van der Waals surface area (Å²) in [6.45, 7) is 2.85. The predicted octanol–water partition coefficient (Wildman–Crippen LogP) is 6.40. The van der Waals surface area contributed by atoms with Crippen molar-refractivity contribution in [1.29, 1.82) is 0 Å². The van der Waals surface area contributed by atoms with Crippen molar-refractivity contribution in [2.45, 2.75) is 52.0 Å². The number of anilines is 2. The minimum atomic E-state index is -0.270. The van der Waals surface area contributed by atoms with Gasteiger partial charge in [-0.1, -0.05) is 25.0 Å². The summed E-state index contributed by atoms with van der Waals surface area (Å²) in [4.78, 5) is 14.1. The van der Waals surface area contributed by atoms with E-state index >= 15 is 0 Å². The Bertz CT molecular complexity index is 1140. The van der Waals surface area contributed by atoms with E-state index in [1.807, 2.05) is 36.0 Å². The van der Waals surface area contributed by atoms with Crippen LogP contribution in [0.3, 0.4) is 0 Å². The van der Waals surface area contributed by atoms with Crippen LogP contribution in [0.2, 0.25) is 0 Å². The second kappa shape index (κ2) is 11.3. The molecule has 0 atom stereocenters. The van der Waals surface area contributed by atoms with E-state index in [0.717, 1.165) is 52.0 Å². The van der Waals surface area contributed by atoms with Gasteiger partial charge in [-0.2, -0.15) is 5.10 Å². The molecule has 0 amide bonds. The molecule has 1 aliphatic rings. The lowest BCUT2D eigenvalue weighted by Gasteiger charge is -2.13. The molecule has 4 rings (SSSR count). The number of carbonyl (C=O) groups excluding carboxylic acids is 1. The third-order valence-electron chi connectivity index (χ3n) is 5.51. The minimum absolute atomic E-state index is 0.270. The number of hydrogen-bond donors (Lipinski definition) is 2. The first kappa shape index (κ1) is 23.9. The molecule has 1 aromatic carbocycles. The summed E-state index contributed by atoms with van der Waals surface area (Å²) in [5.74, 6) is -0.270. The Kier molecular flexibility index (Phi) is 8.16. The summed E-state index contributed by atoms with van der Waals surface area (Å²) in [6.07, 6.45) is 10.3. The molecule has 3 aromatic rings. The second-order valence-corrected chi connectivity index (χ2v) is 10.4. The van der Waals surface area contributed by atoms with Gasteiger partial charge in [0.25, 0.3) is 0 Å². The average molecular weight is 548 g/mol. The van der Waals surface area contributed by atoms with Gasteiger partial charge in [0, 0.05) is 16.8 Å². The third-order valence-corrected chi connectivity index (χ3v) is 7.33. The highest BCUT2D eigenvalue weighted by atomic mass is 79.9. The molecular weight excluding hydrogens is 520 g/mol. The van der Waals surface area contributed by atoms with Crippen LogP contribution in [-0.2, 0) is 24.1 Å². The third kappa shape index (κ3) is 6.22. The summed E-state index contributed by atoms with van der Waals surface area (Å²) < 4.78 is 8.21. The zero-order valence-electron chi connectivity index (χ0n) is 18.5. The van der Waals surface area contributed by atoms with Crippen molar-refractivity contribution in [3.63, 3.8) is 0 Å². The molecule has 0 saturated carbocycles. The monoisotopic (exact) mass is 546 g/mol. The number of esters is 1. The minimum Gasteiger partial charge on any atom is -0.462 e. The van der Waals surface area contributed by atoms with Crippen LogP contribution < -0.4 is 10.6 Å². The number of thiophene rings is 1. The molecule has 0 fully saturated rings.